The van der Waals surface area contributed by atoms with Gasteiger partial charge in [0, 0.05) is 29.4 Å². The summed E-state index contributed by atoms with van der Waals surface area (Å²) in [5.74, 6) is 0.0589. The largest absolute Gasteiger partial charge is 0.351 e. The Hall–Kier alpha value is -3.84. The normalized spacial score (nSPS) is 14.3. The van der Waals surface area contributed by atoms with E-state index in [9.17, 15) is 4.79 Å². The number of nitrogens with one attached hydrogen (secondary N) is 3. The molecule has 0 radical (unpaired) electrons. The van der Waals surface area contributed by atoms with Gasteiger partial charge in [-0.2, -0.15) is 0 Å². The van der Waals surface area contributed by atoms with Crippen molar-refractivity contribution >= 4 is 57.5 Å². The van der Waals surface area contributed by atoms with Crippen molar-refractivity contribution in [1.29, 1.82) is 5.41 Å². The average Bonchev–Trinajstić information content (AvgIpc) is 3.22. The van der Waals surface area contributed by atoms with Crippen LogP contribution < -0.4 is 5.32 Å². The van der Waals surface area contributed by atoms with Crippen molar-refractivity contribution in [1.82, 2.24) is 15.0 Å². The van der Waals surface area contributed by atoms with Crippen LogP contribution >= 0.6 is 11.6 Å². The van der Waals surface area contributed by atoms with E-state index in [1.54, 1.807) is 24.5 Å². The molecule has 0 aliphatic carbocycles. The number of benzene rings is 1. The van der Waals surface area contributed by atoms with Crippen molar-refractivity contribution in [3.63, 3.8) is 0 Å². The highest BCUT2D eigenvalue weighted by Crippen LogP contribution is 2.30. The van der Waals surface area contributed by atoms with Gasteiger partial charge in [0.1, 0.15) is 0 Å². The minimum atomic E-state index is -0.288. The van der Waals surface area contributed by atoms with Gasteiger partial charge in [-0.25, -0.2) is 9.97 Å². The van der Waals surface area contributed by atoms with Crippen LogP contribution in [-0.2, 0) is 0 Å². The Kier molecular flexibility index (Phi) is 9.02. The Morgan fingerprint density at radius 3 is 2.92 bits per heavy atom. The quantitative estimate of drug-likeness (QED) is 0.133. The first-order valence-electron chi connectivity index (χ1n) is 13.0. The lowest BCUT2D eigenvalue weighted by Crippen LogP contribution is -2.23. The summed E-state index contributed by atoms with van der Waals surface area (Å²) in [6.07, 6.45) is 15.8. The molecular weight excluding hydrogens is 496 g/mol. The molecule has 3 N–H and O–H groups in total. The maximum absolute atomic E-state index is 13.2. The van der Waals surface area contributed by atoms with Crippen molar-refractivity contribution in [3.8, 4) is 0 Å². The fourth-order valence-electron chi connectivity index (χ4n) is 4.46. The smallest absolute Gasteiger partial charge is 0.227 e. The zero-order valence-electron chi connectivity index (χ0n) is 22.0. The molecule has 1 unspecified atom stereocenters. The van der Waals surface area contributed by atoms with E-state index in [1.807, 2.05) is 37.3 Å². The second-order valence-corrected chi connectivity index (χ2v) is 9.86. The Labute approximate surface area is 228 Å². The number of Topliss-reactive ketones (excluding diaryl/α,β-unsaturated/α-hetero) is 1. The summed E-state index contributed by atoms with van der Waals surface area (Å²) in [5, 5.41) is 13.1. The third-order valence-corrected chi connectivity index (χ3v) is 6.79. The van der Waals surface area contributed by atoms with Gasteiger partial charge in [0.25, 0.3) is 0 Å². The van der Waals surface area contributed by atoms with Crippen LogP contribution in [0.3, 0.4) is 0 Å². The van der Waals surface area contributed by atoms with Crippen molar-refractivity contribution in [2.45, 2.75) is 52.9 Å². The maximum Gasteiger partial charge on any atom is 0.227 e. The van der Waals surface area contributed by atoms with Gasteiger partial charge in [0.05, 0.1) is 33.3 Å². The van der Waals surface area contributed by atoms with Crippen LogP contribution in [0.1, 0.15) is 69.1 Å². The number of hydrogen-bond acceptors (Lipinski definition) is 6. The second kappa shape index (κ2) is 12.6. The molecule has 0 spiro atoms. The monoisotopic (exact) mass is 528 g/mol. The lowest BCUT2D eigenvalue weighted by molar-refractivity contribution is 0.105. The van der Waals surface area contributed by atoms with E-state index in [1.165, 1.54) is 5.57 Å². The zero-order chi connectivity index (χ0) is 27.1. The number of ketones is 1. The van der Waals surface area contributed by atoms with Gasteiger partial charge in [0.2, 0.25) is 11.7 Å². The molecule has 38 heavy (non-hydrogen) atoms. The number of aromatic amines is 1. The van der Waals surface area contributed by atoms with Crippen LogP contribution in [0.15, 0.2) is 65.3 Å². The average molecular weight is 529 g/mol. The maximum atomic E-state index is 13.2. The molecule has 196 valence electrons. The lowest BCUT2D eigenvalue weighted by Gasteiger charge is -2.15. The van der Waals surface area contributed by atoms with Crippen LogP contribution in [0, 0.1) is 11.3 Å². The van der Waals surface area contributed by atoms with Gasteiger partial charge < -0.3 is 15.7 Å². The van der Waals surface area contributed by atoms with E-state index in [4.69, 9.17) is 17.0 Å². The van der Waals surface area contributed by atoms with Crippen LogP contribution in [-0.4, -0.2) is 32.7 Å². The highest BCUT2D eigenvalue weighted by atomic mass is 35.5. The first kappa shape index (κ1) is 27.2. The Bertz CT molecular complexity index is 1460. The first-order valence-corrected chi connectivity index (χ1v) is 13.3. The van der Waals surface area contributed by atoms with Gasteiger partial charge in [-0.3, -0.25) is 9.79 Å². The summed E-state index contributed by atoms with van der Waals surface area (Å²) in [7, 11) is 0. The van der Waals surface area contributed by atoms with Gasteiger partial charge in [-0.15, -0.1) is 0 Å². The number of halogens is 1. The van der Waals surface area contributed by atoms with E-state index in [0.717, 1.165) is 48.9 Å². The molecule has 1 aliphatic heterocycles. The fraction of sp³-hybridized carbons (Fsp3) is 0.300. The molecule has 0 saturated heterocycles. The summed E-state index contributed by atoms with van der Waals surface area (Å²) in [5.41, 5.74) is 4.61. The minimum Gasteiger partial charge on any atom is -0.351 e. The third kappa shape index (κ3) is 6.53. The molecule has 4 rings (SSSR count). The number of aromatic nitrogens is 3. The summed E-state index contributed by atoms with van der Waals surface area (Å²) < 4.78 is 0. The van der Waals surface area contributed by atoms with Crippen LogP contribution in [0.2, 0.25) is 5.02 Å². The van der Waals surface area contributed by atoms with Gasteiger partial charge in [-0.1, -0.05) is 48.7 Å². The highest BCUT2D eigenvalue weighted by molar-refractivity contribution is 6.45. The highest BCUT2D eigenvalue weighted by Gasteiger charge is 2.23. The first-order chi connectivity index (χ1) is 18.4. The molecule has 3 heterocycles. The molecule has 1 aromatic carbocycles. The SMILES string of the molecule is C/C=C/CCC(CCC)C(=N)C(=O)c1cc2cc(Nc3nccc(C4=CCC(C)=CC=N4)n3)cc(Cl)c2[nH]1. The molecule has 0 amide bonds. The van der Waals surface area contributed by atoms with E-state index >= 15 is 0 Å². The summed E-state index contributed by atoms with van der Waals surface area (Å²) in [6, 6.07) is 7.24. The van der Waals surface area contributed by atoms with E-state index in [2.05, 4.69) is 45.2 Å². The summed E-state index contributed by atoms with van der Waals surface area (Å²) in [4.78, 5) is 29.8. The number of H-pyrrole nitrogens is 1. The zero-order valence-corrected chi connectivity index (χ0v) is 22.8. The molecule has 1 atom stereocenters. The van der Waals surface area contributed by atoms with Gasteiger partial charge >= 0.3 is 0 Å². The van der Waals surface area contributed by atoms with Crippen molar-refractivity contribution in [3.05, 3.63) is 76.7 Å². The number of hydrogen-bond donors (Lipinski definition) is 3. The molecule has 0 bridgehead atoms. The van der Waals surface area contributed by atoms with Crippen molar-refractivity contribution in [2.75, 3.05) is 5.32 Å². The van der Waals surface area contributed by atoms with Crippen LogP contribution in [0.4, 0.5) is 11.6 Å². The van der Waals surface area contributed by atoms with Crippen molar-refractivity contribution < 1.29 is 4.79 Å². The second-order valence-electron chi connectivity index (χ2n) is 9.46. The van der Waals surface area contributed by atoms with Crippen molar-refractivity contribution in [2.24, 2.45) is 10.9 Å². The van der Waals surface area contributed by atoms with E-state index in [-0.39, 0.29) is 17.4 Å². The van der Waals surface area contributed by atoms with E-state index < -0.39 is 0 Å². The van der Waals surface area contributed by atoms with Crippen LogP contribution in [0.25, 0.3) is 16.6 Å². The topological polar surface area (TPSA) is 107 Å². The van der Waals surface area contributed by atoms with Gasteiger partial charge in [-0.05, 0) is 69.9 Å². The van der Waals surface area contributed by atoms with Gasteiger partial charge in [0.15, 0.2) is 0 Å². The number of allylic oxidation sites excluding steroid dienone is 5. The molecule has 0 saturated carbocycles. The molecule has 7 nitrogen and oxygen atoms in total. The minimum absolute atomic E-state index is 0.0696. The Morgan fingerprint density at radius 2 is 2.13 bits per heavy atom. The number of aliphatic imine (C=N–C) groups is 1. The predicted octanol–water partition coefficient (Wildman–Crippen LogP) is 8.09. The number of carbonyl (C=O) groups is 1. The number of rotatable bonds is 11. The Morgan fingerprint density at radius 1 is 1.29 bits per heavy atom. The standard InChI is InChI=1S/C30H33ClN6O/c1-4-6-7-9-20(8-5-2)27(32)29(38)26-17-21-16-22(18-23(31)28(21)36-26)35-30-34-15-13-25(37-30)24-11-10-19(3)12-14-33-24/h4,6,11-18,20,32,36H,5,7-10H2,1-3H3,(H,34,35,37)/b6-4+,32-27?. The molecule has 1 aliphatic rings. The van der Waals surface area contributed by atoms with Crippen LogP contribution in [0.5, 0.6) is 0 Å². The summed E-state index contributed by atoms with van der Waals surface area (Å²) >= 11 is 6.59. The molecule has 2 aromatic heterocycles. The molecule has 0 fully saturated rings. The number of nitrogens with zero attached hydrogens (tertiary/aromatic N) is 3. The number of carbonyl (C=O) groups excluding carboxylic acids is 1. The summed E-state index contributed by atoms with van der Waals surface area (Å²) in [6.45, 7) is 6.12. The molecule has 8 heteroatoms. The third-order valence-electron chi connectivity index (χ3n) is 6.50. The fourth-order valence-corrected chi connectivity index (χ4v) is 4.73. The predicted molar refractivity (Wildman–Crippen MR) is 158 cm³/mol. The Balaban J connectivity index is 1.55. The molecular formula is C30H33ClN6O. The molecule has 3 aromatic rings. The van der Waals surface area contributed by atoms with E-state index in [0.29, 0.717) is 27.9 Å². The number of anilines is 2. The number of fused-ring (bicyclic) bond motifs is 1. The lowest BCUT2D eigenvalue weighted by atomic mass is 9.89.